The van der Waals surface area contributed by atoms with E-state index >= 15 is 0 Å². The molecule has 2 atom stereocenters. The number of aryl methyl sites for hydroxylation is 1. The summed E-state index contributed by atoms with van der Waals surface area (Å²) in [5.74, 6) is -0.144. The van der Waals surface area contributed by atoms with Crippen LogP contribution in [0.3, 0.4) is 0 Å². The lowest BCUT2D eigenvalue weighted by Gasteiger charge is -2.28. The Bertz CT molecular complexity index is 1650. The van der Waals surface area contributed by atoms with Crippen LogP contribution in [0.1, 0.15) is 124 Å². The molecule has 2 unspecified atom stereocenters. The first-order chi connectivity index (χ1) is 30.8. The van der Waals surface area contributed by atoms with Crippen LogP contribution < -0.4 is 32.1 Å². The lowest BCUT2D eigenvalue weighted by molar-refractivity contribution is -0.138. The molecule has 1 heterocycles. The molecule has 0 spiro atoms. The first-order valence-corrected chi connectivity index (χ1v) is 22.7. The minimum atomic E-state index is -0.700. The number of nitrogens with zero attached hydrogens (tertiary/aromatic N) is 1. The maximum Gasteiger partial charge on any atom is 0.508 e. The van der Waals surface area contributed by atoms with E-state index in [9.17, 15) is 33.6 Å². The number of ether oxygens (including phenoxy) is 6. The van der Waals surface area contributed by atoms with Gasteiger partial charge < -0.3 is 49.7 Å². The zero-order chi connectivity index (χ0) is 48.5. The van der Waals surface area contributed by atoms with Crippen LogP contribution in [0, 0.1) is 29.6 Å². The molecule has 20 nitrogen and oxygen atoms in total. The number of nitrogens with one attached hydrogen (secondary N) is 6. The Morgan fingerprint density at radius 3 is 1.55 bits per heavy atom. The molecule has 1 aromatic heterocycles. The van der Waals surface area contributed by atoms with E-state index in [1.807, 2.05) is 13.8 Å². The van der Waals surface area contributed by atoms with Crippen LogP contribution in [0.4, 0.5) is 29.9 Å². The monoisotopic (exact) mass is 924 g/mol. The molecular formula is C45H77N7O13. The molecule has 370 valence electrons. The van der Waals surface area contributed by atoms with Crippen LogP contribution in [0.15, 0.2) is 23.5 Å². The molecular weight excluding hydrogens is 847 g/mol. The number of carbonyl (C=O) groups excluding carboxylic acids is 6. The molecule has 0 radical (unpaired) electrons. The van der Waals surface area contributed by atoms with Crippen molar-refractivity contribution < 1.29 is 57.2 Å². The fraction of sp³-hybridized carbons (Fsp3) is 0.733. The highest BCUT2D eigenvalue weighted by molar-refractivity contribution is 5.87. The lowest BCUT2D eigenvalue weighted by atomic mass is 9.80. The topological polar surface area (TPSA) is 264 Å². The smallest absolute Gasteiger partial charge is 0.459 e. The molecule has 1 aromatic rings. The maximum absolute atomic E-state index is 12.2. The van der Waals surface area contributed by atoms with Gasteiger partial charge in [0.25, 0.3) is 5.56 Å². The van der Waals surface area contributed by atoms with E-state index in [1.54, 1.807) is 6.92 Å². The van der Waals surface area contributed by atoms with E-state index in [0.29, 0.717) is 64.0 Å². The number of urea groups is 1. The fourth-order valence-corrected chi connectivity index (χ4v) is 6.84. The van der Waals surface area contributed by atoms with E-state index in [1.165, 1.54) is 6.07 Å². The van der Waals surface area contributed by atoms with E-state index in [2.05, 4.69) is 70.8 Å². The van der Waals surface area contributed by atoms with Gasteiger partial charge in [-0.2, -0.15) is 0 Å². The first kappa shape index (κ1) is 57.5. The van der Waals surface area contributed by atoms with Crippen LogP contribution in [0.2, 0.25) is 0 Å². The van der Waals surface area contributed by atoms with Crippen molar-refractivity contribution in [3.8, 4) is 0 Å². The zero-order valence-corrected chi connectivity index (χ0v) is 39.8. The summed E-state index contributed by atoms with van der Waals surface area (Å²) in [6, 6.07) is 0.884. The number of esters is 1. The third-order valence-electron chi connectivity index (χ3n) is 9.96. The van der Waals surface area contributed by atoms with Gasteiger partial charge in [0.05, 0.1) is 26.4 Å². The SMILES string of the molecule is C=CC(=O)OCCOC(=O)NCCC(C)(C)CC(C)CNC(=O)OCCCCCCOC(=O)OCCCCCCOC(=O)NCCC(C)(C)CC(C)CNC(=O)Nc1nc(C)cc(=O)[nH]1. The summed E-state index contributed by atoms with van der Waals surface area (Å²) in [6.07, 6.45) is 7.83. The first-order valence-electron chi connectivity index (χ1n) is 22.7. The summed E-state index contributed by atoms with van der Waals surface area (Å²) in [7, 11) is 0. The van der Waals surface area contributed by atoms with Gasteiger partial charge in [-0.25, -0.2) is 33.8 Å². The number of unbranched alkanes of at least 4 members (excludes halogenated alkanes) is 6. The predicted octanol–water partition coefficient (Wildman–Crippen LogP) is 7.27. The standard InChI is InChI=1S/C45H77N7O13/c1-9-37(54)60-26-27-63-41(57)47-21-19-45(7,8)30-34(3)32-49-42(58)62-23-15-11-13-17-25-65-43(59)64-24-16-12-10-14-22-61-40(56)46-20-18-44(5,6)29-33(2)31-48-39(55)52-38-50-35(4)28-36(53)51-38/h9,28,33-34H,1,10-27,29-32H2,2-8H3,(H,46,56)(H,47,57)(H,49,58)(H3,48,50,51,52,53,55). The molecule has 1 rings (SSSR count). The molecule has 5 amide bonds. The Morgan fingerprint density at radius 2 is 1.08 bits per heavy atom. The number of amides is 5. The van der Waals surface area contributed by atoms with Gasteiger partial charge in [0.2, 0.25) is 5.95 Å². The molecule has 65 heavy (non-hydrogen) atoms. The Morgan fingerprint density at radius 1 is 0.646 bits per heavy atom. The number of hydrogen-bond acceptors (Lipinski definition) is 14. The van der Waals surface area contributed by atoms with E-state index < -0.39 is 36.4 Å². The number of alkyl carbamates (subject to hydrolysis) is 3. The Balaban J connectivity index is 1.97. The van der Waals surface area contributed by atoms with E-state index in [0.717, 1.165) is 51.0 Å². The van der Waals surface area contributed by atoms with Gasteiger partial charge in [-0.3, -0.25) is 15.1 Å². The van der Waals surface area contributed by atoms with Crippen molar-refractivity contribution in [3.05, 3.63) is 34.8 Å². The molecule has 0 aliphatic heterocycles. The van der Waals surface area contributed by atoms with Gasteiger partial charge in [-0.05, 0) is 107 Å². The maximum atomic E-state index is 12.2. The largest absolute Gasteiger partial charge is 0.508 e. The fourth-order valence-electron chi connectivity index (χ4n) is 6.84. The summed E-state index contributed by atoms with van der Waals surface area (Å²) in [5.41, 5.74) is -0.0346. The highest BCUT2D eigenvalue weighted by Crippen LogP contribution is 2.29. The average molecular weight is 924 g/mol. The molecule has 0 saturated heterocycles. The highest BCUT2D eigenvalue weighted by Gasteiger charge is 2.23. The van der Waals surface area contributed by atoms with Crippen molar-refractivity contribution in [2.24, 2.45) is 22.7 Å². The molecule has 20 heteroatoms. The predicted molar refractivity (Wildman–Crippen MR) is 244 cm³/mol. The van der Waals surface area contributed by atoms with Gasteiger partial charge in [-0.1, -0.05) is 48.1 Å². The van der Waals surface area contributed by atoms with Crippen molar-refractivity contribution >= 4 is 42.4 Å². The van der Waals surface area contributed by atoms with Crippen molar-refractivity contribution in [3.63, 3.8) is 0 Å². The second-order valence-corrected chi connectivity index (χ2v) is 17.8. The summed E-state index contributed by atoms with van der Waals surface area (Å²) < 4.78 is 30.6. The summed E-state index contributed by atoms with van der Waals surface area (Å²) in [4.78, 5) is 89.3. The Kier molecular flexibility index (Phi) is 29.2. The van der Waals surface area contributed by atoms with Crippen LogP contribution in [-0.2, 0) is 33.2 Å². The molecule has 6 N–H and O–H groups in total. The van der Waals surface area contributed by atoms with Crippen molar-refractivity contribution in [2.45, 2.75) is 126 Å². The lowest BCUT2D eigenvalue weighted by Crippen LogP contribution is -2.35. The minimum absolute atomic E-state index is 0.0413. The molecule has 0 fully saturated rings. The number of aromatic nitrogens is 2. The second kappa shape index (κ2) is 33.0. The minimum Gasteiger partial charge on any atom is -0.459 e. The van der Waals surface area contributed by atoms with Crippen LogP contribution in [0.5, 0.6) is 0 Å². The number of anilines is 1. The number of hydrogen-bond donors (Lipinski definition) is 6. The van der Waals surface area contributed by atoms with Gasteiger partial charge in [0, 0.05) is 44.0 Å². The van der Waals surface area contributed by atoms with Crippen molar-refractivity contribution in [1.29, 1.82) is 0 Å². The van der Waals surface area contributed by atoms with Gasteiger partial charge >= 0.3 is 36.4 Å². The molecule has 0 saturated carbocycles. The molecule has 0 aliphatic carbocycles. The van der Waals surface area contributed by atoms with E-state index in [-0.39, 0.29) is 73.8 Å². The van der Waals surface area contributed by atoms with Crippen LogP contribution in [0.25, 0.3) is 0 Å². The third kappa shape index (κ3) is 32.7. The number of H-pyrrole nitrogens is 1. The highest BCUT2D eigenvalue weighted by atomic mass is 16.7. The average Bonchev–Trinajstić information content (AvgIpc) is 3.21. The Labute approximate surface area is 384 Å². The van der Waals surface area contributed by atoms with Crippen LogP contribution >= 0.6 is 0 Å². The van der Waals surface area contributed by atoms with Crippen LogP contribution in [-0.4, -0.2) is 112 Å². The van der Waals surface area contributed by atoms with Crippen molar-refractivity contribution in [1.82, 2.24) is 31.2 Å². The number of aromatic amines is 1. The van der Waals surface area contributed by atoms with Crippen molar-refractivity contribution in [2.75, 3.05) is 71.1 Å². The quantitative estimate of drug-likeness (QED) is 0.0175. The normalized spacial score (nSPS) is 12.1. The van der Waals surface area contributed by atoms with E-state index in [4.69, 9.17) is 28.4 Å². The second-order valence-electron chi connectivity index (χ2n) is 17.8. The number of carbonyl (C=O) groups is 6. The molecule has 0 bridgehead atoms. The Hall–Kier alpha value is -5.56. The summed E-state index contributed by atoms with van der Waals surface area (Å²) >= 11 is 0. The van der Waals surface area contributed by atoms with Gasteiger partial charge in [0.15, 0.2) is 0 Å². The summed E-state index contributed by atoms with van der Waals surface area (Å²) in [5, 5.41) is 13.6. The molecule has 0 aliphatic rings. The van der Waals surface area contributed by atoms with Gasteiger partial charge in [-0.15, -0.1) is 0 Å². The third-order valence-corrected chi connectivity index (χ3v) is 9.96. The summed E-state index contributed by atoms with van der Waals surface area (Å²) in [6.45, 7) is 20.2. The molecule has 0 aromatic carbocycles. The zero-order valence-electron chi connectivity index (χ0n) is 39.8. The van der Waals surface area contributed by atoms with Gasteiger partial charge in [0.1, 0.15) is 13.2 Å². The number of rotatable bonds is 33.